The molecular formula is C16H25Br2NO3. The summed E-state index contributed by atoms with van der Waals surface area (Å²) in [5.74, 6) is -1.37. The number of carboxylic acid groups (broad SMARTS) is 1. The molecule has 0 unspecified atom stereocenters. The summed E-state index contributed by atoms with van der Waals surface area (Å²) in [5, 5.41) is 10.7. The van der Waals surface area contributed by atoms with Gasteiger partial charge >= 0.3 is 5.97 Å². The molecule has 1 amide bonds. The molecule has 0 aromatic carbocycles. The van der Waals surface area contributed by atoms with Crippen LogP contribution in [0.5, 0.6) is 0 Å². The minimum atomic E-state index is -1.03. The lowest BCUT2D eigenvalue weighted by atomic mass is 10.1. The van der Waals surface area contributed by atoms with Crippen molar-refractivity contribution in [1.82, 2.24) is 5.32 Å². The Morgan fingerprint density at radius 1 is 0.909 bits per heavy atom. The number of carboxylic acids is 1. The lowest BCUT2D eigenvalue weighted by molar-refractivity contribution is -0.137. The number of carbonyl (C=O) groups is 2. The van der Waals surface area contributed by atoms with Gasteiger partial charge in [0.1, 0.15) is 6.54 Å². The van der Waals surface area contributed by atoms with Crippen molar-refractivity contribution >= 4 is 43.7 Å². The van der Waals surface area contributed by atoms with E-state index in [1.54, 1.807) is 0 Å². The van der Waals surface area contributed by atoms with Crippen LogP contribution in [-0.4, -0.2) is 23.5 Å². The van der Waals surface area contributed by atoms with Crippen molar-refractivity contribution in [3.05, 3.63) is 21.6 Å². The van der Waals surface area contributed by atoms with Crippen molar-refractivity contribution < 1.29 is 14.7 Å². The maximum Gasteiger partial charge on any atom is 0.322 e. The molecule has 0 rings (SSSR count). The van der Waals surface area contributed by atoms with Crippen LogP contribution in [0.2, 0.25) is 0 Å². The van der Waals surface area contributed by atoms with E-state index in [-0.39, 0.29) is 12.5 Å². The van der Waals surface area contributed by atoms with Gasteiger partial charge in [-0.15, -0.1) is 0 Å². The van der Waals surface area contributed by atoms with E-state index in [0.29, 0.717) is 0 Å². The Morgan fingerprint density at radius 3 is 2.00 bits per heavy atom. The first-order valence-electron chi connectivity index (χ1n) is 7.69. The Labute approximate surface area is 149 Å². The number of nitrogens with one attached hydrogen (secondary N) is 1. The second-order valence-electron chi connectivity index (χ2n) is 5.06. The molecule has 4 nitrogen and oxygen atoms in total. The molecule has 6 heteroatoms. The van der Waals surface area contributed by atoms with E-state index in [4.69, 9.17) is 5.11 Å². The maximum atomic E-state index is 11.2. The number of allylic oxidation sites excluding steroid dienone is 2. The molecule has 0 radical (unpaired) electrons. The lowest BCUT2D eigenvalue weighted by Crippen LogP contribution is -2.27. The smallest absolute Gasteiger partial charge is 0.322 e. The Morgan fingerprint density at radius 2 is 1.45 bits per heavy atom. The first-order chi connectivity index (χ1) is 10.5. The minimum absolute atomic E-state index is 0.328. The number of carbonyl (C=O) groups excluding carboxylic acids is 1. The van der Waals surface area contributed by atoms with E-state index in [1.807, 2.05) is 6.08 Å². The summed E-state index contributed by atoms with van der Waals surface area (Å²) in [5.41, 5.74) is 0. The van der Waals surface area contributed by atoms with Crippen LogP contribution < -0.4 is 5.32 Å². The fourth-order valence-corrected chi connectivity index (χ4v) is 2.37. The molecule has 126 valence electrons. The van der Waals surface area contributed by atoms with Crippen molar-refractivity contribution in [3.63, 3.8) is 0 Å². The molecule has 2 N–H and O–H groups in total. The molecule has 0 bridgehead atoms. The summed E-state index contributed by atoms with van der Waals surface area (Å²) in [7, 11) is 0. The number of amides is 1. The van der Waals surface area contributed by atoms with Gasteiger partial charge in [-0.1, -0.05) is 44.3 Å². The molecule has 0 aliphatic heterocycles. The van der Waals surface area contributed by atoms with Gasteiger partial charge in [0, 0.05) is 0 Å². The molecule has 0 saturated heterocycles. The molecule has 0 heterocycles. The number of aliphatic carboxylic acids is 1. The van der Waals surface area contributed by atoms with E-state index in [2.05, 4.69) is 43.3 Å². The monoisotopic (exact) mass is 437 g/mol. The normalized spacial score (nSPS) is 10.6. The van der Waals surface area contributed by atoms with Crippen molar-refractivity contribution in [3.8, 4) is 0 Å². The van der Waals surface area contributed by atoms with Crippen molar-refractivity contribution in [2.75, 3.05) is 6.54 Å². The number of unbranched alkanes of at least 4 members (excludes halogenated alkanes) is 8. The van der Waals surface area contributed by atoms with E-state index in [0.717, 1.165) is 22.7 Å². The van der Waals surface area contributed by atoms with E-state index in [1.165, 1.54) is 44.6 Å². The Kier molecular flexibility index (Phi) is 14.9. The molecule has 22 heavy (non-hydrogen) atoms. The van der Waals surface area contributed by atoms with Gasteiger partial charge in [0.2, 0.25) is 5.91 Å². The van der Waals surface area contributed by atoms with E-state index < -0.39 is 5.97 Å². The van der Waals surface area contributed by atoms with Gasteiger partial charge in [-0.25, -0.2) is 0 Å². The Bertz CT molecular complexity index is 378. The highest BCUT2D eigenvalue weighted by Crippen LogP contribution is 2.16. The highest BCUT2D eigenvalue weighted by Gasteiger charge is 1.98. The SMILES string of the molecule is O=C(O)CNC(=O)/C=C\CCCCCCCCCC=C(Br)Br. The average Bonchev–Trinajstić information content (AvgIpc) is 2.45. The van der Waals surface area contributed by atoms with E-state index in [9.17, 15) is 9.59 Å². The average molecular weight is 439 g/mol. The third-order valence-corrected chi connectivity index (χ3v) is 3.70. The number of rotatable bonds is 13. The van der Waals surface area contributed by atoms with Crippen LogP contribution in [0, 0.1) is 0 Å². The number of halogens is 2. The van der Waals surface area contributed by atoms with Crippen LogP contribution in [0.15, 0.2) is 21.6 Å². The van der Waals surface area contributed by atoms with Crippen LogP contribution >= 0.6 is 31.9 Å². The third kappa shape index (κ3) is 17.4. The summed E-state index contributed by atoms with van der Waals surface area (Å²) in [6.45, 7) is -0.328. The van der Waals surface area contributed by atoms with Gasteiger partial charge in [0.05, 0.1) is 3.39 Å². The largest absolute Gasteiger partial charge is 0.480 e. The molecule has 0 atom stereocenters. The topological polar surface area (TPSA) is 66.4 Å². The van der Waals surface area contributed by atoms with Crippen molar-refractivity contribution in [1.29, 1.82) is 0 Å². The quantitative estimate of drug-likeness (QED) is 0.318. The first-order valence-corrected chi connectivity index (χ1v) is 9.28. The molecule has 0 saturated carbocycles. The molecule has 0 spiro atoms. The fraction of sp³-hybridized carbons (Fsp3) is 0.625. The Balaban J connectivity index is 3.31. The van der Waals surface area contributed by atoms with E-state index >= 15 is 0 Å². The van der Waals surface area contributed by atoms with Crippen LogP contribution in [0.4, 0.5) is 0 Å². The number of hydrogen-bond donors (Lipinski definition) is 2. The molecule has 0 aliphatic rings. The minimum Gasteiger partial charge on any atom is -0.480 e. The standard InChI is InChI=1S/C16H25Br2NO3/c17-14(18)11-9-7-5-3-1-2-4-6-8-10-12-15(20)19-13-16(21)22/h10-12H,1-9,13H2,(H,19,20)(H,21,22)/b12-10-. The zero-order valence-corrected chi connectivity index (χ0v) is 16.0. The van der Waals surface area contributed by atoms with Gasteiger partial charge in [-0.05, 0) is 63.6 Å². The summed E-state index contributed by atoms with van der Waals surface area (Å²) >= 11 is 6.69. The molecule has 0 aromatic rings. The summed E-state index contributed by atoms with van der Waals surface area (Å²) in [4.78, 5) is 21.4. The van der Waals surface area contributed by atoms with Crippen LogP contribution in [0.3, 0.4) is 0 Å². The number of hydrogen-bond acceptors (Lipinski definition) is 2. The highest BCUT2D eigenvalue weighted by atomic mass is 79.9. The van der Waals surface area contributed by atoms with Gasteiger partial charge in [0.25, 0.3) is 0 Å². The van der Waals surface area contributed by atoms with Crippen LogP contribution in [0.25, 0.3) is 0 Å². The van der Waals surface area contributed by atoms with Gasteiger partial charge in [0.15, 0.2) is 0 Å². The lowest BCUT2D eigenvalue weighted by Gasteiger charge is -2.00. The predicted molar refractivity (Wildman–Crippen MR) is 97.3 cm³/mol. The fourth-order valence-electron chi connectivity index (χ4n) is 1.91. The highest BCUT2D eigenvalue weighted by molar-refractivity contribution is 9.28. The van der Waals surface area contributed by atoms with Gasteiger partial charge < -0.3 is 10.4 Å². The molecule has 0 aliphatic carbocycles. The zero-order valence-electron chi connectivity index (χ0n) is 12.8. The zero-order chi connectivity index (χ0) is 16.6. The molecule has 0 aromatic heterocycles. The summed E-state index contributed by atoms with van der Waals surface area (Å²) in [6, 6.07) is 0. The van der Waals surface area contributed by atoms with Crippen molar-refractivity contribution in [2.45, 2.75) is 57.8 Å². The van der Waals surface area contributed by atoms with Crippen LogP contribution in [-0.2, 0) is 9.59 Å². The summed E-state index contributed by atoms with van der Waals surface area (Å²) < 4.78 is 1.03. The Hall–Kier alpha value is -0.620. The summed E-state index contributed by atoms with van der Waals surface area (Å²) in [6.07, 6.45) is 15.9. The third-order valence-electron chi connectivity index (χ3n) is 3.06. The predicted octanol–water partition coefficient (Wildman–Crippen LogP) is 4.89. The van der Waals surface area contributed by atoms with Crippen molar-refractivity contribution in [2.24, 2.45) is 0 Å². The molecular weight excluding hydrogens is 414 g/mol. The van der Waals surface area contributed by atoms with Crippen LogP contribution in [0.1, 0.15) is 57.8 Å². The molecule has 0 fully saturated rings. The second-order valence-corrected chi connectivity index (χ2v) is 7.83. The maximum absolute atomic E-state index is 11.2. The second kappa shape index (κ2) is 15.3. The first kappa shape index (κ1) is 21.4. The van der Waals surface area contributed by atoms with Gasteiger partial charge in [-0.2, -0.15) is 0 Å². The van der Waals surface area contributed by atoms with Gasteiger partial charge in [-0.3, -0.25) is 9.59 Å².